The molecule has 0 bridgehead atoms. The van der Waals surface area contributed by atoms with Gasteiger partial charge in [0, 0.05) is 18.2 Å². The highest BCUT2D eigenvalue weighted by Crippen LogP contribution is 2.31. The first-order valence-corrected chi connectivity index (χ1v) is 12.0. The number of rotatable bonds is 12. The zero-order valence-electron chi connectivity index (χ0n) is 21.4. The number of amides is 1. The van der Waals surface area contributed by atoms with Gasteiger partial charge in [0.1, 0.15) is 12.1 Å². The molecule has 1 aromatic heterocycles. The van der Waals surface area contributed by atoms with E-state index in [1.807, 2.05) is 37.3 Å². The zero-order chi connectivity index (χ0) is 26.0. The Kier molecular flexibility index (Phi) is 10.7. The summed E-state index contributed by atoms with van der Waals surface area (Å²) in [7, 11) is 1.40. The van der Waals surface area contributed by atoms with Gasteiger partial charge in [0.2, 0.25) is 5.75 Å². The maximum atomic E-state index is 13.0. The molecule has 190 valence electrons. The molecule has 0 spiro atoms. The standard InChI is InChI=1S/C27H36N2O6/c1-7-8-14-21(20-12-10-9-11-13-20)19(5)34-27(32)18(4)29-25(30)23-24(35-26(31)17(2)3)22(33-6)15-16-28-23/h9-13,15-19,21H,7-8,14H2,1-6H3,(H,29,30)/t18-,19-,21-/m0/s1. The lowest BCUT2D eigenvalue weighted by molar-refractivity contribution is -0.151. The van der Waals surface area contributed by atoms with Crippen molar-refractivity contribution in [2.75, 3.05) is 7.11 Å². The van der Waals surface area contributed by atoms with E-state index in [9.17, 15) is 14.4 Å². The van der Waals surface area contributed by atoms with Crippen LogP contribution in [0.3, 0.4) is 0 Å². The molecule has 1 heterocycles. The molecule has 0 fully saturated rings. The van der Waals surface area contributed by atoms with Crippen molar-refractivity contribution >= 4 is 17.8 Å². The zero-order valence-corrected chi connectivity index (χ0v) is 21.4. The molecule has 2 rings (SSSR count). The molecule has 0 radical (unpaired) electrons. The van der Waals surface area contributed by atoms with Crippen molar-refractivity contribution in [2.45, 2.75) is 71.9 Å². The summed E-state index contributed by atoms with van der Waals surface area (Å²) in [6, 6.07) is 10.5. The summed E-state index contributed by atoms with van der Waals surface area (Å²) in [5.74, 6) is -2.06. The van der Waals surface area contributed by atoms with Crippen molar-refractivity contribution in [3.05, 3.63) is 53.9 Å². The van der Waals surface area contributed by atoms with Gasteiger partial charge in [-0.1, -0.05) is 63.9 Å². The van der Waals surface area contributed by atoms with Crippen LogP contribution in [0, 0.1) is 5.92 Å². The van der Waals surface area contributed by atoms with E-state index >= 15 is 0 Å². The van der Waals surface area contributed by atoms with Gasteiger partial charge >= 0.3 is 11.9 Å². The summed E-state index contributed by atoms with van der Waals surface area (Å²) < 4.78 is 16.4. The molecule has 0 aliphatic carbocycles. The van der Waals surface area contributed by atoms with Crippen molar-refractivity contribution < 1.29 is 28.6 Å². The molecule has 35 heavy (non-hydrogen) atoms. The Morgan fingerprint density at radius 2 is 1.69 bits per heavy atom. The number of pyridine rings is 1. The molecule has 0 aliphatic heterocycles. The minimum Gasteiger partial charge on any atom is -0.493 e. The lowest BCUT2D eigenvalue weighted by Crippen LogP contribution is -2.41. The predicted octanol–water partition coefficient (Wildman–Crippen LogP) is 4.68. The van der Waals surface area contributed by atoms with Crippen LogP contribution in [-0.4, -0.2) is 42.1 Å². The average Bonchev–Trinajstić information content (AvgIpc) is 2.84. The maximum absolute atomic E-state index is 13.0. The van der Waals surface area contributed by atoms with E-state index in [1.54, 1.807) is 13.8 Å². The van der Waals surface area contributed by atoms with Gasteiger partial charge in [-0.05, 0) is 25.8 Å². The van der Waals surface area contributed by atoms with Gasteiger partial charge in [0.05, 0.1) is 13.0 Å². The largest absolute Gasteiger partial charge is 0.493 e. The van der Waals surface area contributed by atoms with Crippen LogP contribution >= 0.6 is 0 Å². The molecule has 1 N–H and O–H groups in total. The Bertz CT molecular complexity index is 992. The highest BCUT2D eigenvalue weighted by molar-refractivity contribution is 5.98. The number of nitrogens with one attached hydrogen (secondary N) is 1. The lowest BCUT2D eigenvalue weighted by atomic mass is 9.89. The highest BCUT2D eigenvalue weighted by atomic mass is 16.6. The SMILES string of the molecule is CCCC[C@H](c1ccccc1)[C@H](C)OC(=O)[C@H](C)NC(=O)c1nccc(OC)c1OC(=O)C(C)C. The fraction of sp³-hybridized carbons (Fsp3) is 0.481. The molecule has 8 heteroatoms. The van der Waals surface area contributed by atoms with E-state index in [0.29, 0.717) is 0 Å². The molecular weight excluding hydrogens is 448 g/mol. The number of ether oxygens (including phenoxy) is 3. The number of aromatic nitrogens is 1. The number of hydrogen-bond acceptors (Lipinski definition) is 7. The number of carbonyl (C=O) groups excluding carboxylic acids is 3. The van der Waals surface area contributed by atoms with Crippen LogP contribution in [0.4, 0.5) is 0 Å². The Hall–Kier alpha value is -3.42. The first-order valence-electron chi connectivity index (χ1n) is 12.0. The van der Waals surface area contributed by atoms with E-state index in [0.717, 1.165) is 24.8 Å². The minimum absolute atomic E-state index is 0.0464. The van der Waals surface area contributed by atoms with E-state index < -0.39 is 29.8 Å². The van der Waals surface area contributed by atoms with Crippen LogP contribution in [0.15, 0.2) is 42.6 Å². The molecule has 0 aliphatic rings. The molecule has 0 saturated heterocycles. The molecule has 8 nitrogen and oxygen atoms in total. The van der Waals surface area contributed by atoms with Crippen LogP contribution in [0.5, 0.6) is 11.5 Å². The van der Waals surface area contributed by atoms with E-state index in [2.05, 4.69) is 17.2 Å². The Labute approximate surface area is 207 Å². The second kappa shape index (κ2) is 13.5. The smallest absolute Gasteiger partial charge is 0.328 e. The Morgan fingerprint density at radius 3 is 2.29 bits per heavy atom. The summed E-state index contributed by atoms with van der Waals surface area (Å²) >= 11 is 0. The molecule has 0 unspecified atom stereocenters. The van der Waals surface area contributed by atoms with E-state index in [1.165, 1.54) is 26.3 Å². The van der Waals surface area contributed by atoms with Crippen LogP contribution in [0.25, 0.3) is 0 Å². The third-order valence-corrected chi connectivity index (χ3v) is 5.64. The summed E-state index contributed by atoms with van der Waals surface area (Å²) in [4.78, 5) is 42.0. The summed E-state index contributed by atoms with van der Waals surface area (Å²) in [6.45, 7) is 8.87. The highest BCUT2D eigenvalue weighted by Gasteiger charge is 2.28. The summed E-state index contributed by atoms with van der Waals surface area (Å²) in [5.41, 5.74) is 0.950. The molecular formula is C27H36N2O6. The van der Waals surface area contributed by atoms with Crippen molar-refractivity contribution in [3.63, 3.8) is 0 Å². The third-order valence-electron chi connectivity index (χ3n) is 5.64. The van der Waals surface area contributed by atoms with Gasteiger partial charge < -0.3 is 19.5 Å². The number of benzene rings is 1. The quantitative estimate of drug-likeness (QED) is 0.436. The molecule has 3 atom stereocenters. The van der Waals surface area contributed by atoms with Gasteiger partial charge in [-0.2, -0.15) is 0 Å². The van der Waals surface area contributed by atoms with Crippen LogP contribution in [0.2, 0.25) is 0 Å². The van der Waals surface area contributed by atoms with Gasteiger partial charge in [-0.15, -0.1) is 0 Å². The monoisotopic (exact) mass is 484 g/mol. The van der Waals surface area contributed by atoms with Gasteiger partial charge in [0.15, 0.2) is 11.4 Å². The number of nitrogens with zero attached hydrogens (tertiary/aromatic N) is 1. The van der Waals surface area contributed by atoms with Gasteiger partial charge in [-0.3, -0.25) is 9.59 Å². The molecule has 2 aromatic rings. The van der Waals surface area contributed by atoms with Crippen molar-refractivity contribution in [3.8, 4) is 11.5 Å². The first kappa shape index (κ1) is 27.8. The van der Waals surface area contributed by atoms with E-state index in [4.69, 9.17) is 14.2 Å². The molecule has 1 aromatic carbocycles. The topological polar surface area (TPSA) is 104 Å². The van der Waals surface area contributed by atoms with E-state index in [-0.39, 0.29) is 29.2 Å². The Balaban J connectivity index is 2.13. The predicted molar refractivity (Wildman–Crippen MR) is 132 cm³/mol. The van der Waals surface area contributed by atoms with Crippen LogP contribution in [-0.2, 0) is 14.3 Å². The fourth-order valence-corrected chi connectivity index (χ4v) is 3.56. The number of methoxy groups -OCH3 is 1. The summed E-state index contributed by atoms with van der Waals surface area (Å²) in [5, 5.41) is 2.59. The van der Waals surface area contributed by atoms with Crippen molar-refractivity contribution in [2.24, 2.45) is 5.92 Å². The molecule has 0 saturated carbocycles. The summed E-state index contributed by atoms with van der Waals surface area (Å²) in [6.07, 6.45) is 3.91. The van der Waals surface area contributed by atoms with Gasteiger partial charge in [-0.25, -0.2) is 9.78 Å². The normalized spacial score (nSPS) is 13.5. The average molecular weight is 485 g/mol. The minimum atomic E-state index is -0.950. The third kappa shape index (κ3) is 7.80. The molecule has 1 amide bonds. The second-order valence-electron chi connectivity index (χ2n) is 8.76. The van der Waals surface area contributed by atoms with Crippen LogP contribution < -0.4 is 14.8 Å². The number of unbranched alkanes of at least 4 members (excludes halogenated alkanes) is 1. The number of carbonyl (C=O) groups is 3. The lowest BCUT2D eigenvalue weighted by Gasteiger charge is -2.26. The number of esters is 2. The maximum Gasteiger partial charge on any atom is 0.328 e. The fourth-order valence-electron chi connectivity index (χ4n) is 3.56. The second-order valence-corrected chi connectivity index (χ2v) is 8.76. The van der Waals surface area contributed by atoms with Crippen molar-refractivity contribution in [1.29, 1.82) is 0 Å². The van der Waals surface area contributed by atoms with Crippen molar-refractivity contribution in [1.82, 2.24) is 10.3 Å². The van der Waals surface area contributed by atoms with Crippen LogP contribution in [0.1, 0.15) is 75.9 Å². The number of hydrogen-bond donors (Lipinski definition) is 1. The Morgan fingerprint density at radius 1 is 1.00 bits per heavy atom. The van der Waals surface area contributed by atoms with Gasteiger partial charge in [0.25, 0.3) is 5.91 Å². The first-order chi connectivity index (χ1) is 16.7.